The number of hydrogen-bond acceptors (Lipinski definition) is 3. The summed E-state index contributed by atoms with van der Waals surface area (Å²) in [5.74, 6) is 0.413. The number of rotatable bonds is 1. The van der Waals surface area contributed by atoms with Gasteiger partial charge in [0, 0.05) is 6.54 Å². The van der Waals surface area contributed by atoms with Crippen molar-refractivity contribution in [2.75, 3.05) is 13.2 Å². The highest BCUT2D eigenvalue weighted by Gasteiger charge is 2.49. The zero-order valence-corrected chi connectivity index (χ0v) is 5.92. The summed E-state index contributed by atoms with van der Waals surface area (Å²) in [4.78, 5) is 0. The van der Waals surface area contributed by atoms with Gasteiger partial charge in [-0.2, -0.15) is 0 Å². The fourth-order valence-corrected chi connectivity index (χ4v) is 1.75. The zero-order valence-electron chi connectivity index (χ0n) is 5.92. The first-order valence-electron chi connectivity index (χ1n) is 3.79. The predicted molar refractivity (Wildman–Crippen MR) is 36.5 cm³/mol. The molecule has 1 saturated carbocycles. The first kappa shape index (κ1) is 6.58. The van der Waals surface area contributed by atoms with E-state index in [4.69, 9.17) is 10.5 Å². The summed E-state index contributed by atoms with van der Waals surface area (Å²) in [6.07, 6.45) is 2.44. The third-order valence-electron chi connectivity index (χ3n) is 2.78. The second-order valence-corrected chi connectivity index (χ2v) is 3.41. The average molecular weight is 143 g/mol. The summed E-state index contributed by atoms with van der Waals surface area (Å²) in [7, 11) is 0. The van der Waals surface area contributed by atoms with Crippen LogP contribution >= 0.6 is 0 Å². The Hall–Kier alpha value is -0.120. The average Bonchev–Trinajstić information content (AvgIpc) is 1.86. The van der Waals surface area contributed by atoms with Crippen LogP contribution in [0.3, 0.4) is 0 Å². The maximum absolute atomic E-state index is 9.74. The van der Waals surface area contributed by atoms with E-state index < -0.39 is 5.60 Å². The van der Waals surface area contributed by atoms with E-state index in [9.17, 15) is 5.11 Å². The van der Waals surface area contributed by atoms with Gasteiger partial charge in [0.2, 0.25) is 0 Å². The number of ether oxygens (including phenoxy) is 1. The summed E-state index contributed by atoms with van der Waals surface area (Å²) in [5, 5.41) is 9.74. The van der Waals surface area contributed by atoms with Crippen molar-refractivity contribution in [3.05, 3.63) is 0 Å². The fourth-order valence-electron chi connectivity index (χ4n) is 1.75. The van der Waals surface area contributed by atoms with Crippen molar-refractivity contribution in [2.24, 2.45) is 11.7 Å². The smallest absolute Gasteiger partial charge is 0.103 e. The van der Waals surface area contributed by atoms with Gasteiger partial charge in [-0.05, 0) is 18.8 Å². The van der Waals surface area contributed by atoms with Crippen LogP contribution in [0, 0.1) is 5.92 Å². The maximum atomic E-state index is 9.74. The molecule has 1 unspecified atom stereocenters. The lowest BCUT2D eigenvalue weighted by molar-refractivity contribution is -0.212. The minimum absolute atomic E-state index is 0.338. The Bertz CT molecular complexity index is 142. The predicted octanol–water partition coefficient (Wildman–Crippen LogP) is -0.515. The Balaban J connectivity index is 2.07. The van der Waals surface area contributed by atoms with E-state index in [1.165, 1.54) is 0 Å². The van der Waals surface area contributed by atoms with E-state index in [0.717, 1.165) is 12.8 Å². The van der Waals surface area contributed by atoms with Crippen LogP contribution in [0.4, 0.5) is 0 Å². The van der Waals surface area contributed by atoms with E-state index in [0.29, 0.717) is 25.2 Å². The first-order valence-corrected chi connectivity index (χ1v) is 3.79. The van der Waals surface area contributed by atoms with Gasteiger partial charge in [-0.3, -0.25) is 0 Å². The molecule has 2 saturated heterocycles. The minimum atomic E-state index is -0.700. The summed E-state index contributed by atoms with van der Waals surface area (Å²) < 4.78 is 5.32. The summed E-state index contributed by atoms with van der Waals surface area (Å²) >= 11 is 0. The Labute approximate surface area is 60.2 Å². The monoisotopic (exact) mass is 143 g/mol. The van der Waals surface area contributed by atoms with Crippen molar-refractivity contribution >= 4 is 0 Å². The van der Waals surface area contributed by atoms with Crippen molar-refractivity contribution in [1.29, 1.82) is 0 Å². The molecule has 3 aliphatic rings. The topological polar surface area (TPSA) is 55.5 Å². The van der Waals surface area contributed by atoms with Crippen molar-refractivity contribution in [1.82, 2.24) is 0 Å². The highest BCUT2D eigenvalue weighted by Crippen LogP contribution is 2.43. The molecule has 2 aliphatic heterocycles. The minimum Gasteiger partial charge on any atom is -0.386 e. The van der Waals surface area contributed by atoms with E-state index in [2.05, 4.69) is 0 Å². The molecule has 0 radical (unpaired) electrons. The van der Waals surface area contributed by atoms with E-state index in [1.807, 2.05) is 0 Å². The fraction of sp³-hybridized carbons (Fsp3) is 1.00. The van der Waals surface area contributed by atoms with Crippen LogP contribution in [0.2, 0.25) is 0 Å². The number of hydrogen-bond donors (Lipinski definition) is 2. The largest absolute Gasteiger partial charge is 0.386 e. The van der Waals surface area contributed by atoms with Gasteiger partial charge in [0.05, 0.1) is 12.7 Å². The Kier molecular flexibility index (Phi) is 1.27. The molecule has 0 aromatic carbocycles. The van der Waals surface area contributed by atoms with Crippen LogP contribution in [-0.4, -0.2) is 30.0 Å². The van der Waals surface area contributed by atoms with Gasteiger partial charge in [0.25, 0.3) is 0 Å². The zero-order chi connectivity index (χ0) is 7.19. The van der Waals surface area contributed by atoms with Gasteiger partial charge in [-0.15, -0.1) is 0 Å². The number of aliphatic hydroxyl groups is 1. The molecule has 1 atom stereocenters. The third kappa shape index (κ3) is 0.713. The third-order valence-corrected chi connectivity index (χ3v) is 2.78. The van der Waals surface area contributed by atoms with Crippen LogP contribution in [0.5, 0.6) is 0 Å². The van der Waals surface area contributed by atoms with E-state index in [1.54, 1.807) is 0 Å². The Morgan fingerprint density at radius 1 is 1.60 bits per heavy atom. The highest BCUT2D eigenvalue weighted by atomic mass is 16.5. The van der Waals surface area contributed by atoms with Crippen LogP contribution in [0.1, 0.15) is 12.8 Å². The van der Waals surface area contributed by atoms with E-state index in [-0.39, 0.29) is 0 Å². The van der Waals surface area contributed by atoms with Gasteiger partial charge >= 0.3 is 0 Å². The van der Waals surface area contributed by atoms with Crippen molar-refractivity contribution < 1.29 is 9.84 Å². The standard InChI is InChI=1S/C7H13NO2/c8-3-7(9)4-10-6-1-5(7)2-6/h5-6,9H,1-4,8H2. The molecule has 58 valence electrons. The molecule has 3 rings (SSSR count). The normalized spacial score (nSPS) is 52.2. The molecular weight excluding hydrogens is 130 g/mol. The maximum Gasteiger partial charge on any atom is 0.103 e. The van der Waals surface area contributed by atoms with Gasteiger partial charge < -0.3 is 15.6 Å². The molecule has 10 heavy (non-hydrogen) atoms. The molecule has 2 bridgehead atoms. The molecule has 0 aromatic rings. The van der Waals surface area contributed by atoms with Gasteiger partial charge in [0.1, 0.15) is 5.60 Å². The second kappa shape index (κ2) is 1.94. The van der Waals surface area contributed by atoms with Crippen LogP contribution < -0.4 is 5.73 Å². The number of fused-ring (bicyclic) bond motifs is 2. The molecule has 3 fully saturated rings. The Morgan fingerprint density at radius 2 is 2.30 bits per heavy atom. The number of nitrogens with two attached hydrogens (primary N) is 1. The lowest BCUT2D eigenvalue weighted by atomic mass is 9.69. The van der Waals surface area contributed by atoms with Crippen LogP contribution in [-0.2, 0) is 4.74 Å². The molecule has 2 heterocycles. The summed E-state index contributed by atoms with van der Waals surface area (Å²) in [6.45, 7) is 0.781. The van der Waals surface area contributed by atoms with Gasteiger partial charge in [-0.1, -0.05) is 0 Å². The highest BCUT2D eigenvalue weighted by molar-refractivity contribution is 5.00. The molecule has 0 spiro atoms. The lowest BCUT2D eigenvalue weighted by Crippen LogP contribution is -2.60. The van der Waals surface area contributed by atoms with Crippen molar-refractivity contribution in [2.45, 2.75) is 24.5 Å². The molecule has 3 heteroatoms. The molecule has 0 amide bonds. The first-order chi connectivity index (χ1) is 4.74. The van der Waals surface area contributed by atoms with Crippen molar-refractivity contribution in [3.63, 3.8) is 0 Å². The van der Waals surface area contributed by atoms with Crippen LogP contribution in [0.25, 0.3) is 0 Å². The van der Waals surface area contributed by atoms with E-state index >= 15 is 0 Å². The second-order valence-electron chi connectivity index (χ2n) is 3.41. The SMILES string of the molecule is NCC1(O)COC2CC1C2. The molecule has 1 aliphatic carbocycles. The van der Waals surface area contributed by atoms with Gasteiger partial charge in [-0.25, -0.2) is 0 Å². The quantitative estimate of drug-likeness (QED) is 0.519. The lowest BCUT2D eigenvalue weighted by Gasteiger charge is -2.51. The Morgan fingerprint density at radius 3 is 2.60 bits per heavy atom. The van der Waals surface area contributed by atoms with Gasteiger partial charge in [0.15, 0.2) is 0 Å². The molecular formula is C7H13NO2. The molecule has 0 aromatic heterocycles. The van der Waals surface area contributed by atoms with Crippen LogP contribution in [0.15, 0.2) is 0 Å². The van der Waals surface area contributed by atoms with Crippen molar-refractivity contribution in [3.8, 4) is 0 Å². The summed E-state index contributed by atoms with van der Waals surface area (Å²) in [5.41, 5.74) is 4.72. The molecule has 3 nitrogen and oxygen atoms in total. The summed E-state index contributed by atoms with van der Waals surface area (Å²) in [6, 6.07) is 0. The molecule has 3 N–H and O–H groups in total.